The molecule has 0 fully saturated rings. The van der Waals surface area contributed by atoms with E-state index in [1.54, 1.807) is 0 Å². The Bertz CT molecular complexity index is 176. The highest BCUT2D eigenvalue weighted by molar-refractivity contribution is 4.98. The predicted octanol–water partition coefficient (Wildman–Crippen LogP) is 4.29. The van der Waals surface area contributed by atoms with E-state index in [0.717, 1.165) is 19.3 Å². The molecule has 0 aliphatic rings. The van der Waals surface area contributed by atoms with Crippen molar-refractivity contribution in [2.45, 2.75) is 77.6 Å². The standard InChI is InChI=1S/C15H28O/c1-2-3-4-5-6-7-8-9-10-11-12-13-14-15-16/h16H,2-3,6-15H2,1H3. The first-order valence-electron chi connectivity index (χ1n) is 6.98. The van der Waals surface area contributed by atoms with Crippen LogP contribution in [0.2, 0.25) is 0 Å². The molecule has 0 aromatic rings. The summed E-state index contributed by atoms with van der Waals surface area (Å²) >= 11 is 0. The number of hydrogen-bond donors (Lipinski definition) is 1. The molecule has 1 N–H and O–H groups in total. The summed E-state index contributed by atoms with van der Waals surface area (Å²) in [5.41, 5.74) is 0. The third-order valence-electron chi connectivity index (χ3n) is 2.71. The normalized spacial score (nSPS) is 9.88. The quantitative estimate of drug-likeness (QED) is 0.433. The maximum Gasteiger partial charge on any atom is 0.0431 e. The molecular formula is C15H28O. The first-order valence-corrected chi connectivity index (χ1v) is 6.98. The Morgan fingerprint density at radius 1 is 0.688 bits per heavy atom. The van der Waals surface area contributed by atoms with Crippen LogP contribution in [-0.4, -0.2) is 11.7 Å². The van der Waals surface area contributed by atoms with Gasteiger partial charge in [0.1, 0.15) is 0 Å². The second-order valence-corrected chi connectivity index (χ2v) is 4.41. The molecule has 0 radical (unpaired) electrons. The van der Waals surface area contributed by atoms with E-state index in [1.807, 2.05) is 0 Å². The molecule has 0 bridgehead atoms. The Kier molecular flexibility index (Phi) is 14.1. The van der Waals surface area contributed by atoms with Gasteiger partial charge in [-0.3, -0.25) is 0 Å². The van der Waals surface area contributed by atoms with Crippen LogP contribution in [0.25, 0.3) is 0 Å². The lowest BCUT2D eigenvalue weighted by atomic mass is 10.1. The molecule has 1 nitrogen and oxygen atoms in total. The van der Waals surface area contributed by atoms with E-state index in [1.165, 1.54) is 51.4 Å². The van der Waals surface area contributed by atoms with Crippen LogP contribution in [0, 0.1) is 11.8 Å². The van der Waals surface area contributed by atoms with Gasteiger partial charge in [0, 0.05) is 19.4 Å². The maximum atomic E-state index is 8.61. The van der Waals surface area contributed by atoms with Crippen molar-refractivity contribution in [3.05, 3.63) is 0 Å². The Morgan fingerprint density at radius 2 is 1.19 bits per heavy atom. The minimum atomic E-state index is 0.358. The van der Waals surface area contributed by atoms with Crippen molar-refractivity contribution in [2.24, 2.45) is 0 Å². The van der Waals surface area contributed by atoms with E-state index >= 15 is 0 Å². The van der Waals surface area contributed by atoms with Crippen LogP contribution in [0.5, 0.6) is 0 Å². The van der Waals surface area contributed by atoms with Gasteiger partial charge in [-0.05, 0) is 19.3 Å². The number of hydrogen-bond acceptors (Lipinski definition) is 1. The molecule has 0 unspecified atom stereocenters. The molecule has 0 aliphatic carbocycles. The summed E-state index contributed by atoms with van der Waals surface area (Å²) in [5, 5.41) is 8.61. The van der Waals surface area contributed by atoms with Crippen molar-refractivity contribution in [3.63, 3.8) is 0 Å². The molecule has 0 aromatic heterocycles. The highest BCUT2D eigenvalue weighted by Gasteiger charge is 1.91. The van der Waals surface area contributed by atoms with Crippen LogP contribution >= 0.6 is 0 Å². The van der Waals surface area contributed by atoms with Gasteiger partial charge in [0.25, 0.3) is 0 Å². The average molecular weight is 224 g/mol. The van der Waals surface area contributed by atoms with Gasteiger partial charge in [0.05, 0.1) is 0 Å². The molecule has 0 saturated carbocycles. The summed E-state index contributed by atoms with van der Waals surface area (Å²) in [6.07, 6.45) is 13.4. The van der Waals surface area contributed by atoms with Crippen molar-refractivity contribution in [1.82, 2.24) is 0 Å². The first-order chi connectivity index (χ1) is 7.91. The summed E-state index contributed by atoms with van der Waals surface area (Å²) in [6.45, 7) is 2.53. The van der Waals surface area contributed by atoms with Crippen LogP contribution in [0.4, 0.5) is 0 Å². The summed E-state index contributed by atoms with van der Waals surface area (Å²) in [6, 6.07) is 0. The van der Waals surface area contributed by atoms with Gasteiger partial charge in [0.15, 0.2) is 0 Å². The SMILES string of the molecule is CCCC#CCCCCCCCCCCO. The molecule has 0 spiro atoms. The zero-order valence-corrected chi connectivity index (χ0v) is 10.9. The Hall–Kier alpha value is -0.480. The predicted molar refractivity (Wildman–Crippen MR) is 71.3 cm³/mol. The highest BCUT2D eigenvalue weighted by Crippen LogP contribution is 2.09. The van der Waals surface area contributed by atoms with Crippen molar-refractivity contribution >= 4 is 0 Å². The van der Waals surface area contributed by atoms with E-state index in [2.05, 4.69) is 18.8 Å². The zero-order chi connectivity index (χ0) is 11.9. The second-order valence-electron chi connectivity index (χ2n) is 4.41. The van der Waals surface area contributed by atoms with Gasteiger partial charge in [-0.2, -0.15) is 0 Å². The third-order valence-corrected chi connectivity index (χ3v) is 2.71. The van der Waals surface area contributed by atoms with Gasteiger partial charge in [-0.25, -0.2) is 0 Å². The van der Waals surface area contributed by atoms with E-state index in [-0.39, 0.29) is 0 Å². The minimum Gasteiger partial charge on any atom is -0.396 e. The first kappa shape index (κ1) is 15.5. The Labute approximate surface area is 102 Å². The maximum absolute atomic E-state index is 8.61. The molecule has 0 saturated heterocycles. The molecular weight excluding hydrogens is 196 g/mol. The molecule has 0 rings (SSSR count). The molecule has 0 amide bonds. The van der Waals surface area contributed by atoms with Crippen LogP contribution < -0.4 is 0 Å². The number of aliphatic hydroxyl groups is 1. The number of aliphatic hydroxyl groups excluding tert-OH is 1. The molecule has 0 heterocycles. The molecule has 0 atom stereocenters. The monoisotopic (exact) mass is 224 g/mol. The fourth-order valence-corrected chi connectivity index (χ4v) is 1.69. The van der Waals surface area contributed by atoms with E-state index in [9.17, 15) is 0 Å². The Morgan fingerprint density at radius 3 is 1.75 bits per heavy atom. The minimum absolute atomic E-state index is 0.358. The van der Waals surface area contributed by atoms with E-state index in [0.29, 0.717) is 6.61 Å². The topological polar surface area (TPSA) is 20.2 Å². The van der Waals surface area contributed by atoms with Crippen molar-refractivity contribution < 1.29 is 5.11 Å². The fraction of sp³-hybridized carbons (Fsp3) is 0.867. The third kappa shape index (κ3) is 13.5. The molecule has 0 aliphatic heterocycles. The lowest BCUT2D eigenvalue weighted by Crippen LogP contribution is -1.84. The Balaban J connectivity index is 2.96. The van der Waals surface area contributed by atoms with Crippen molar-refractivity contribution in [3.8, 4) is 11.8 Å². The smallest absolute Gasteiger partial charge is 0.0431 e. The summed E-state index contributed by atoms with van der Waals surface area (Å²) in [5.74, 6) is 6.41. The van der Waals surface area contributed by atoms with Crippen molar-refractivity contribution in [2.75, 3.05) is 6.61 Å². The summed E-state index contributed by atoms with van der Waals surface area (Å²) in [7, 11) is 0. The molecule has 94 valence electrons. The number of rotatable bonds is 10. The lowest BCUT2D eigenvalue weighted by Gasteiger charge is -1.99. The molecule has 0 aromatic carbocycles. The number of unbranched alkanes of at least 4 members (excludes halogenated alkanes) is 9. The summed E-state index contributed by atoms with van der Waals surface area (Å²) < 4.78 is 0. The van der Waals surface area contributed by atoms with Crippen LogP contribution in [0.3, 0.4) is 0 Å². The van der Waals surface area contributed by atoms with Crippen LogP contribution in [-0.2, 0) is 0 Å². The van der Waals surface area contributed by atoms with E-state index in [4.69, 9.17) is 5.11 Å². The highest BCUT2D eigenvalue weighted by atomic mass is 16.2. The largest absolute Gasteiger partial charge is 0.396 e. The molecule has 16 heavy (non-hydrogen) atoms. The zero-order valence-electron chi connectivity index (χ0n) is 10.9. The van der Waals surface area contributed by atoms with E-state index < -0.39 is 0 Å². The van der Waals surface area contributed by atoms with Crippen molar-refractivity contribution in [1.29, 1.82) is 0 Å². The summed E-state index contributed by atoms with van der Waals surface area (Å²) in [4.78, 5) is 0. The van der Waals surface area contributed by atoms with Crippen LogP contribution in [0.1, 0.15) is 77.6 Å². The average Bonchev–Trinajstić information content (AvgIpc) is 2.31. The van der Waals surface area contributed by atoms with Gasteiger partial charge in [-0.1, -0.05) is 45.4 Å². The molecule has 1 heteroatoms. The van der Waals surface area contributed by atoms with Gasteiger partial charge < -0.3 is 5.11 Å². The second kappa shape index (κ2) is 14.5. The lowest BCUT2D eigenvalue weighted by molar-refractivity contribution is 0.282. The van der Waals surface area contributed by atoms with Gasteiger partial charge >= 0.3 is 0 Å². The van der Waals surface area contributed by atoms with Crippen LogP contribution in [0.15, 0.2) is 0 Å². The fourth-order valence-electron chi connectivity index (χ4n) is 1.69. The van der Waals surface area contributed by atoms with Gasteiger partial charge in [0.2, 0.25) is 0 Å². The van der Waals surface area contributed by atoms with Gasteiger partial charge in [-0.15, -0.1) is 11.8 Å².